The summed E-state index contributed by atoms with van der Waals surface area (Å²) >= 11 is 0. The van der Waals surface area contributed by atoms with Gasteiger partial charge in [-0.2, -0.15) is 0 Å². The maximum atomic E-state index is 12.9. The highest BCUT2D eigenvalue weighted by molar-refractivity contribution is 5.74. The number of carbonyl (C=O) groups excluding carboxylic acids is 1. The Morgan fingerprint density at radius 2 is 2.00 bits per heavy atom. The Hall–Kier alpha value is -1.42. The largest absolute Gasteiger partial charge is 0.469 e. The monoisotopic (exact) mass is 277 g/mol. The van der Waals surface area contributed by atoms with E-state index in [4.69, 9.17) is 4.74 Å². The SMILES string of the molecule is COC(=O)[C@H]1C2CCC(C2)[C@H]1NCc1ccc(F)cc1. The Morgan fingerprint density at radius 3 is 2.70 bits per heavy atom. The summed E-state index contributed by atoms with van der Waals surface area (Å²) in [6.07, 6.45) is 3.46. The number of nitrogens with one attached hydrogen (secondary N) is 1. The van der Waals surface area contributed by atoms with Gasteiger partial charge < -0.3 is 10.1 Å². The molecule has 108 valence electrons. The highest BCUT2D eigenvalue weighted by Gasteiger charge is 2.51. The van der Waals surface area contributed by atoms with Gasteiger partial charge in [0.1, 0.15) is 5.82 Å². The lowest BCUT2D eigenvalue weighted by atomic mass is 9.84. The molecule has 4 heteroatoms. The van der Waals surface area contributed by atoms with E-state index in [1.165, 1.54) is 25.7 Å². The second kappa shape index (κ2) is 5.52. The van der Waals surface area contributed by atoms with Crippen molar-refractivity contribution in [2.75, 3.05) is 7.11 Å². The van der Waals surface area contributed by atoms with Crippen molar-refractivity contribution < 1.29 is 13.9 Å². The summed E-state index contributed by atoms with van der Waals surface area (Å²) in [4.78, 5) is 12.0. The van der Waals surface area contributed by atoms with Gasteiger partial charge in [0.25, 0.3) is 0 Å². The zero-order chi connectivity index (χ0) is 14.1. The van der Waals surface area contributed by atoms with Gasteiger partial charge in [0, 0.05) is 12.6 Å². The predicted molar refractivity (Wildman–Crippen MR) is 73.4 cm³/mol. The summed E-state index contributed by atoms with van der Waals surface area (Å²) in [6.45, 7) is 0.668. The fourth-order valence-electron chi connectivity index (χ4n) is 3.90. The zero-order valence-electron chi connectivity index (χ0n) is 11.6. The average molecular weight is 277 g/mol. The molecule has 2 aliphatic carbocycles. The Morgan fingerprint density at radius 1 is 1.30 bits per heavy atom. The number of esters is 1. The van der Waals surface area contributed by atoms with Crippen molar-refractivity contribution in [3.63, 3.8) is 0 Å². The molecule has 2 saturated carbocycles. The van der Waals surface area contributed by atoms with Crippen LogP contribution in [0.4, 0.5) is 4.39 Å². The van der Waals surface area contributed by atoms with Crippen molar-refractivity contribution in [2.24, 2.45) is 17.8 Å². The number of hydrogen-bond acceptors (Lipinski definition) is 3. The maximum Gasteiger partial charge on any atom is 0.310 e. The molecule has 4 atom stereocenters. The van der Waals surface area contributed by atoms with E-state index >= 15 is 0 Å². The molecule has 2 aliphatic rings. The van der Waals surface area contributed by atoms with Gasteiger partial charge in [-0.05, 0) is 48.8 Å². The fourth-order valence-corrected chi connectivity index (χ4v) is 3.90. The van der Waals surface area contributed by atoms with Gasteiger partial charge in [-0.25, -0.2) is 4.39 Å². The highest BCUT2D eigenvalue weighted by Crippen LogP contribution is 2.48. The van der Waals surface area contributed by atoms with E-state index in [2.05, 4.69) is 5.32 Å². The summed E-state index contributed by atoms with van der Waals surface area (Å²) in [6, 6.07) is 6.70. The van der Waals surface area contributed by atoms with E-state index in [9.17, 15) is 9.18 Å². The summed E-state index contributed by atoms with van der Waals surface area (Å²) in [5, 5.41) is 3.49. The molecule has 0 amide bonds. The van der Waals surface area contributed by atoms with Crippen LogP contribution >= 0.6 is 0 Å². The summed E-state index contributed by atoms with van der Waals surface area (Å²) in [5.74, 6) is 0.719. The Labute approximate surface area is 118 Å². The van der Waals surface area contributed by atoms with Gasteiger partial charge in [-0.3, -0.25) is 4.79 Å². The second-order valence-corrected chi connectivity index (χ2v) is 5.92. The third-order valence-electron chi connectivity index (χ3n) is 4.84. The first-order valence-corrected chi connectivity index (χ1v) is 7.24. The lowest BCUT2D eigenvalue weighted by molar-refractivity contribution is -0.148. The highest BCUT2D eigenvalue weighted by atomic mass is 19.1. The number of benzene rings is 1. The van der Waals surface area contributed by atoms with E-state index in [0.29, 0.717) is 18.4 Å². The van der Waals surface area contributed by atoms with Crippen molar-refractivity contribution in [3.8, 4) is 0 Å². The number of methoxy groups -OCH3 is 1. The third-order valence-corrected chi connectivity index (χ3v) is 4.84. The van der Waals surface area contributed by atoms with Crippen LogP contribution in [0.15, 0.2) is 24.3 Å². The number of fused-ring (bicyclic) bond motifs is 2. The van der Waals surface area contributed by atoms with Gasteiger partial charge >= 0.3 is 5.97 Å². The first kappa shape index (κ1) is 13.6. The van der Waals surface area contributed by atoms with Crippen molar-refractivity contribution in [2.45, 2.75) is 31.8 Å². The van der Waals surface area contributed by atoms with Crippen LogP contribution in [0.2, 0.25) is 0 Å². The Bertz CT molecular complexity index is 488. The van der Waals surface area contributed by atoms with Crippen molar-refractivity contribution in [3.05, 3.63) is 35.6 Å². The molecule has 1 N–H and O–H groups in total. The molecule has 2 unspecified atom stereocenters. The number of halogens is 1. The molecule has 20 heavy (non-hydrogen) atoms. The standard InChI is InChI=1S/C16H20FNO2/c1-20-16(19)14-11-4-5-12(8-11)15(14)18-9-10-2-6-13(17)7-3-10/h2-3,6-7,11-12,14-15,18H,4-5,8-9H2,1H3/t11?,12?,14-,15+/m0/s1. The minimum Gasteiger partial charge on any atom is -0.469 e. The molecule has 1 aromatic rings. The molecule has 1 aromatic carbocycles. The van der Waals surface area contributed by atoms with Crippen LogP contribution < -0.4 is 5.32 Å². The second-order valence-electron chi connectivity index (χ2n) is 5.92. The van der Waals surface area contributed by atoms with Crippen LogP contribution in [0.1, 0.15) is 24.8 Å². The van der Waals surface area contributed by atoms with Crippen LogP contribution in [0, 0.1) is 23.6 Å². The van der Waals surface area contributed by atoms with Crippen molar-refractivity contribution >= 4 is 5.97 Å². The van der Waals surface area contributed by atoms with Gasteiger partial charge in [0.2, 0.25) is 0 Å². The smallest absolute Gasteiger partial charge is 0.310 e. The van der Waals surface area contributed by atoms with Crippen molar-refractivity contribution in [1.82, 2.24) is 5.32 Å². The van der Waals surface area contributed by atoms with E-state index < -0.39 is 0 Å². The van der Waals surface area contributed by atoms with Crippen LogP contribution in [0.5, 0.6) is 0 Å². The minimum absolute atomic E-state index is 0.0146. The number of hydrogen-bond donors (Lipinski definition) is 1. The molecule has 3 nitrogen and oxygen atoms in total. The number of carbonyl (C=O) groups is 1. The normalized spacial score (nSPS) is 31.5. The van der Waals surface area contributed by atoms with E-state index in [1.54, 1.807) is 12.1 Å². The Balaban J connectivity index is 1.66. The van der Waals surface area contributed by atoms with Crippen LogP contribution in [-0.4, -0.2) is 19.1 Å². The van der Waals surface area contributed by atoms with E-state index in [1.807, 2.05) is 0 Å². The zero-order valence-corrected chi connectivity index (χ0v) is 11.6. The topological polar surface area (TPSA) is 38.3 Å². The number of ether oxygens (including phenoxy) is 1. The lowest BCUT2D eigenvalue weighted by Gasteiger charge is -2.30. The minimum atomic E-state index is -0.221. The first-order chi connectivity index (χ1) is 9.69. The van der Waals surface area contributed by atoms with Gasteiger partial charge in [-0.1, -0.05) is 12.1 Å². The molecule has 0 aliphatic heterocycles. The van der Waals surface area contributed by atoms with Gasteiger partial charge in [0.05, 0.1) is 13.0 Å². The van der Waals surface area contributed by atoms with Crippen LogP contribution in [0.25, 0.3) is 0 Å². The molecule has 2 fully saturated rings. The molecule has 0 saturated heterocycles. The molecular formula is C16H20FNO2. The Kier molecular flexibility index (Phi) is 3.74. The molecule has 0 heterocycles. The van der Waals surface area contributed by atoms with Crippen LogP contribution in [0.3, 0.4) is 0 Å². The molecule has 0 aromatic heterocycles. The van der Waals surface area contributed by atoms with Gasteiger partial charge in [-0.15, -0.1) is 0 Å². The molecule has 3 rings (SSSR count). The molecular weight excluding hydrogens is 257 g/mol. The summed E-state index contributed by atoms with van der Waals surface area (Å²) in [7, 11) is 1.46. The molecule has 0 radical (unpaired) electrons. The third kappa shape index (κ3) is 2.44. The van der Waals surface area contributed by atoms with Crippen LogP contribution in [-0.2, 0) is 16.1 Å². The van der Waals surface area contributed by atoms with E-state index in [-0.39, 0.29) is 23.7 Å². The quantitative estimate of drug-likeness (QED) is 0.859. The van der Waals surface area contributed by atoms with Crippen molar-refractivity contribution in [1.29, 1.82) is 0 Å². The first-order valence-electron chi connectivity index (χ1n) is 7.24. The summed E-state index contributed by atoms with van der Waals surface area (Å²) in [5.41, 5.74) is 1.04. The average Bonchev–Trinajstić information content (AvgIpc) is 3.06. The molecule has 0 spiro atoms. The lowest BCUT2D eigenvalue weighted by Crippen LogP contribution is -2.44. The van der Waals surface area contributed by atoms with Gasteiger partial charge in [0.15, 0.2) is 0 Å². The predicted octanol–water partition coefficient (Wildman–Crippen LogP) is 2.50. The molecule has 2 bridgehead atoms. The van der Waals surface area contributed by atoms with E-state index in [0.717, 1.165) is 18.4 Å². The number of rotatable bonds is 4. The fraction of sp³-hybridized carbons (Fsp3) is 0.562. The maximum absolute atomic E-state index is 12.9. The summed E-state index contributed by atoms with van der Waals surface area (Å²) < 4.78 is 17.8.